The van der Waals surface area contributed by atoms with Crippen molar-refractivity contribution in [3.8, 4) is 0 Å². The second kappa shape index (κ2) is 8.59. The highest BCUT2D eigenvalue weighted by Gasteiger charge is 2.19. The fourth-order valence-electron chi connectivity index (χ4n) is 1.68. The molecule has 0 atom stereocenters. The number of benzene rings is 1. The molecule has 7 heteroatoms. The van der Waals surface area contributed by atoms with Crippen LogP contribution in [0.4, 0.5) is 4.39 Å². The van der Waals surface area contributed by atoms with Gasteiger partial charge >= 0.3 is 5.97 Å². The Morgan fingerprint density at radius 2 is 2.00 bits per heavy atom. The van der Waals surface area contributed by atoms with Gasteiger partial charge in [-0.15, -0.1) is 0 Å². The summed E-state index contributed by atoms with van der Waals surface area (Å²) in [4.78, 5) is 25.0. The third-order valence-corrected chi connectivity index (χ3v) is 3.14. The number of esters is 1. The molecule has 1 aromatic rings. The lowest BCUT2D eigenvalue weighted by Gasteiger charge is -2.22. The van der Waals surface area contributed by atoms with Crippen molar-refractivity contribution in [2.75, 3.05) is 33.9 Å². The highest BCUT2D eigenvalue weighted by Crippen LogP contribution is 2.19. The number of carbonyl (C=O) groups is 2. The van der Waals surface area contributed by atoms with Crippen LogP contribution in [0.5, 0.6) is 0 Å². The zero-order valence-corrected chi connectivity index (χ0v) is 12.7. The predicted molar refractivity (Wildman–Crippen MR) is 75.8 cm³/mol. The average molecular weight is 318 g/mol. The minimum Gasteiger partial charge on any atom is -0.469 e. The van der Waals surface area contributed by atoms with E-state index in [4.69, 9.17) is 16.3 Å². The first-order valence-electron chi connectivity index (χ1n) is 6.29. The van der Waals surface area contributed by atoms with Crippen molar-refractivity contribution in [1.29, 1.82) is 0 Å². The fraction of sp³-hybridized carbons (Fsp3) is 0.429. The summed E-state index contributed by atoms with van der Waals surface area (Å²) in [5.74, 6) is -1.33. The van der Waals surface area contributed by atoms with E-state index in [1.807, 2.05) is 0 Å². The first-order valence-corrected chi connectivity index (χ1v) is 6.67. The van der Waals surface area contributed by atoms with E-state index in [-0.39, 0.29) is 29.5 Å². The van der Waals surface area contributed by atoms with Gasteiger partial charge in [0.25, 0.3) is 5.91 Å². The van der Waals surface area contributed by atoms with Crippen LogP contribution in [0.1, 0.15) is 16.8 Å². The van der Waals surface area contributed by atoms with Crippen LogP contribution in [0.2, 0.25) is 5.02 Å². The number of ether oxygens (including phenoxy) is 2. The molecule has 0 unspecified atom stereocenters. The molecule has 21 heavy (non-hydrogen) atoms. The normalized spacial score (nSPS) is 10.3. The second-order valence-corrected chi connectivity index (χ2v) is 4.64. The Balaban J connectivity index is 2.85. The summed E-state index contributed by atoms with van der Waals surface area (Å²) in [6.07, 6.45) is 0.0603. The molecule has 0 N–H and O–H groups in total. The van der Waals surface area contributed by atoms with E-state index in [0.29, 0.717) is 13.2 Å². The molecule has 0 aliphatic carbocycles. The molecule has 116 valence electrons. The van der Waals surface area contributed by atoms with Gasteiger partial charge in [-0.2, -0.15) is 0 Å². The highest BCUT2D eigenvalue weighted by molar-refractivity contribution is 6.33. The molecule has 0 aliphatic heterocycles. The first kappa shape index (κ1) is 17.4. The molecule has 0 saturated carbocycles. The van der Waals surface area contributed by atoms with E-state index >= 15 is 0 Å². The minimum atomic E-state index is -0.519. The molecule has 0 saturated heterocycles. The molecule has 0 spiro atoms. The predicted octanol–water partition coefficient (Wildman–Crippen LogP) is 2.13. The Kier molecular flexibility index (Phi) is 7.11. The quantitative estimate of drug-likeness (QED) is 0.723. The molecule has 0 radical (unpaired) electrons. The van der Waals surface area contributed by atoms with Crippen molar-refractivity contribution < 1.29 is 23.5 Å². The van der Waals surface area contributed by atoms with Crippen molar-refractivity contribution in [2.45, 2.75) is 6.42 Å². The minimum absolute atomic E-state index is 0.0282. The van der Waals surface area contributed by atoms with Crippen molar-refractivity contribution in [2.24, 2.45) is 0 Å². The molecule has 0 aromatic heterocycles. The van der Waals surface area contributed by atoms with Gasteiger partial charge in [0.15, 0.2) is 0 Å². The van der Waals surface area contributed by atoms with Crippen LogP contribution in [0.3, 0.4) is 0 Å². The van der Waals surface area contributed by atoms with Crippen molar-refractivity contribution in [1.82, 2.24) is 4.90 Å². The average Bonchev–Trinajstić information content (AvgIpc) is 2.46. The summed E-state index contributed by atoms with van der Waals surface area (Å²) in [5, 5.41) is 0.0282. The van der Waals surface area contributed by atoms with E-state index in [1.54, 1.807) is 0 Å². The topological polar surface area (TPSA) is 55.8 Å². The number of hydrogen-bond acceptors (Lipinski definition) is 4. The molecule has 5 nitrogen and oxygen atoms in total. The van der Waals surface area contributed by atoms with Crippen LogP contribution in [0.25, 0.3) is 0 Å². The number of amides is 1. The maximum absolute atomic E-state index is 13.0. The summed E-state index contributed by atoms with van der Waals surface area (Å²) in [6, 6.07) is 3.55. The van der Waals surface area contributed by atoms with Crippen LogP contribution in [0.15, 0.2) is 18.2 Å². The lowest BCUT2D eigenvalue weighted by Crippen LogP contribution is -2.36. The van der Waals surface area contributed by atoms with Gasteiger partial charge in [0.1, 0.15) is 5.82 Å². The summed E-state index contributed by atoms with van der Waals surface area (Å²) >= 11 is 5.88. The van der Waals surface area contributed by atoms with Crippen LogP contribution in [0, 0.1) is 5.82 Å². The van der Waals surface area contributed by atoms with E-state index in [9.17, 15) is 14.0 Å². The van der Waals surface area contributed by atoms with E-state index in [0.717, 1.165) is 12.1 Å². The van der Waals surface area contributed by atoms with Gasteiger partial charge in [-0.3, -0.25) is 9.59 Å². The summed E-state index contributed by atoms with van der Waals surface area (Å²) in [7, 11) is 2.79. The zero-order chi connectivity index (χ0) is 15.8. The highest BCUT2D eigenvalue weighted by atomic mass is 35.5. The first-order chi connectivity index (χ1) is 9.99. The lowest BCUT2D eigenvalue weighted by atomic mass is 10.2. The summed E-state index contributed by atoms with van der Waals surface area (Å²) < 4.78 is 22.5. The Labute approximate surface area is 127 Å². The van der Waals surface area contributed by atoms with Crippen LogP contribution in [-0.2, 0) is 14.3 Å². The monoisotopic (exact) mass is 317 g/mol. The Bertz CT molecular complexity index is 510. The molecule has 1 amide bonds. The molecule has 0 fully saturated rings. The molecular weight excluding hydrogens is 301 g/mol. The van der Waals surface area contributed by atoms with E-state index in [1.165, 1.54) is 25.2 Å². The van der Waals surface area contributed by atoms with Gasteiger partial charge in [-0.1, -0.05) is 11.6 Å². The third kappa shape index (κ3) is 5.32. The molecule has 0 heterocycles. The van der Waals surface area contributed by atoms with Crippen molar-refractivity contribution >= 4 is 23.5 Å². The standard InChI is InChI=1S/C14H17ClFNO4/c1-20-8-7-17(6-5-13(18)21-2)14(19)11-4-3-10(16)9-12(11)15/h3-4,9H,5-8H2,1-2H3. The van der Waals surface area contributed by atoms with Crippen molar-refractivity contribution in [3.63, 3.8) is 0 Å². The summed E-state index contributed by atoms with van der Waals surface area (Å²) in [5.41, 5.74) is 0.180. The van der Waals surface area contributed by atoms with E-state index in [2.05, 4.69) is 4.74 Å². The molecule has 1 aromatic carbocycles. The fourth-order valence-corrected chi connectivity index (χ4v) is 1.93. The van der Waals surface area contributed by atoms with Gasteiger partial charge in [0.2, 0.25) is 0 Å². The molecule has 1 rings (SSSR count). The summed E-state index contributed by atoms with van der Waals surface area (Å²) in [6.45, 7) is 0.772. The van der Waals surface area contributed by atoms with Gasteiger partial charge in [-0.25, -0.2) is 4.39 Å². The Morgan fingerprint density at radius 3 is 2.57 bits per heavy atom. The number of halogens is 2. The Hall–Kier alpha value is -1.66. The van der Waals surface area contributed by atoms with Crippen LogP contribution < -0.4 is 0 Å². The van der Waals surface area contributed by atoms with Crippen LogP contribution >= 0.6 is 11.6 Å². The number of hydrogen-bond donors (Lipinski definition) is 0. The van der Waals surface area contributed by atoms with Gasteiger partial charge in [0.05, 0.1) is 30.7 Å². The van der Waals surface area contributed by atoms with Crippen molar-refractivity contribution in [3.05, 3.63) is 34.6 Å². The third-order valence-electron chi connectivity index (χ3n) is 2.83. The number of carbonyl (C=O) groups excluding carboxylic acids is 2. The van der Waals surface area contributed by atoms with E-state index < -0.39 is 11.8 Å². The van der Waals surface area contributed by atoms with Gasteiger partial charge in [0, 0.05) is 20.2 Å². The Morgan fingerprint density at radius 1 is 1.29 bits per heavy atom. The van der Waals surface area contributed by atoms with Gasteiger partial charge < -0.3 is 14.4 Å². The SMILES string of the molecule is COCCN(CCC(=O)OC)C(=O)c1ccc(F)cc1Cl. The largest absolute Gasteiger partial charge is 0.469 e. The van der Waals surface area contributed by atoms with Gasteiger partial charge in [-0.05, 0) is 18.2 Å². The smallest absolute Gasteiger partial charge is 0.307 e. The zero-order valence-electron chi connectivity index (χ0n) is 11.9. The molecule has 0 bridgehead atoms. The molecular formula is C14H17ClFNO4. The molecule has 0 aliphatic rings. The number of rotatable bonds is 7. The maximum atomic E-state index is 13.0. The second-order valence-electron chi connectivity index (χ2n) is 4.24. The van der Waals surface area contributed by atoms with Crippen LogP contribution in [-0.4, -0.2) is 50.7 Å². The number of methoxy groups -OCH3 is 2. The lowest BCUT2D eigenvalue weighted by molar-refractivity contribution is -0.140. The maximum Gasteiger partial charge on any atom is 0.307 e. The number of nitrogens with zero attached hydrogens (tertiary/aromatic N) is 1.